The van der Waals surface area contributed by atoms with E-state index in [-0.39, 0.29) is 68.5 Å². The first kappa shape index (κ1) is 26.4. The van der Waals surface area contributed by atoms with E-state index in [0.717, 1.165) is 6.42 Å². The fraction of sp³-hybridized carbons (Fsp3) is 0.375. The molecule has 1 aliphatic carbocycles. The van der Waals surface area contributed by atoms with Crippen molar-refractivity contribution >= 4 is 14.7 Å². The van der Waals surface area contributed by atoms with Crippen LogP contribution in [0.25, 0.3) is 0 Å². The number of hydrogen-bond donors (Lipinski definition) is 0. The summed E-state index contributed by atoms with van der Waals surface area (Å²) in [6.07, 6.45) is 8.50. The first-order chi connectivity index (χ1) is 8.33. The molecule has 0 fully saturated rings. The van der Waals surface area contributed by atoms with Crippen molar-refractivity contribution in [3.05, 3.63) is 52.8 Å². The van der Waals surface area contributed by atoms with Gasteiger partial charge in [0.2, 0.25) is 0 Å². The molecule has 0 N–H and O–H groups in total. The summed E-state index contributed by atoms with van der Waals surface area (Å²) < 4.78 is 0. The third-order valence-corrected chi connectivity index (χ3v) is 5.33. The zero-order valence-corrected chi connectivity index (χ0v) is 17.8. The smallest absolute Gasteiger partial charge is 1.00 e. The van der Waals surface area contributed by atoms with Crippen LogP contribution in [0.3, 0.4) is 0 Å². The number of halogens is 3. The maximum absolute atomic E-state index is 3.64. The van der Waals surface area contributed by atoms with E-state index in [2.05, 4.69) is 50.3 Å². The molecule has 21 heavy (non-hydrogen) atoms. The largest absolute Gasteiger partial charge is 4.00 e. The molecule has 1 aromatic rings. The van der Waals surface area contributed by atoms with Gasteiger partial charge in [-0.3, -0.25) is 0 Å². The quantitative estimate of drug-likeness (QED) is 0.344. The molecular formula is C16H21Cl3SiTi. The van der Waals surface area contributed by atoms with Gasteiger partial charge in [0.25, 0.3) is 0 Å². The van der Waals surface area contributed by atoms with Gasteiger partial charge in [-0.2, -0.15) is 5.57 Å². The van der Waals surface area contributed by atoms with Crippen molar-refractivity contribution in [1.82, 2.24) is 0 Å². The van der Waals surface area contributed by atoms with E-state index < -0.39 is 0 Å². The molecule has 0 unspecified atom stereocenters. The van der Waals surface area contributed by atoms with Crippen LogP contribution in [0.1, 0.15) is 39.5 Å². The van der Waals surface area contributed by atoms with Gasteiger partial charge in [-0.15, -0.1) is 0 Å². The standard InChI is InChI=1S/C16H21Si.3ClH.Ti/c1-3-8-13-11-14(4-2)16(12-13)17-15-9-6-5-7-10-15;;;;/h5-7,9-10H,3-4,8,12,17H2,1-2H3;3*1H;/q-1;;;;+4/p-3. The van der Waals surface area contributed by atoms with Crippen LogP contribution in [0.15, 0.2) is 46.7 Å². The molecule has 1 aliphatic rings. The van der Waals surface area contributed by atoms with E-state index in [0.29, 0.717) is 0 Å². The third-order valence-electron chi connectivity index (χ3n) is 3.35. The summed E-state index contributed by atoms with van der Waals surface area (Å²) in [5.74, 6) is 0. The van der Waals surface area contributed by atoms with E-state index in [9.17, 15) is 0 Å². The molecule has 0 radical (unpaired) electrons. The molecule has 5 heteroatoms. The topological polar surface area (TPSA) is 0 Å². The Morgan fingerprint density at radius 1 is 1.05 bits per heavy atom. The van der Waals surface area contributed by atoms with Crippen LogP contribution in [0.4, 0.5) is 0 Å². The summed E-state index contributed by atoms with van der Waals surface area (Å²) in [6.45, 7) is 4.52. The summed E-state index contributed by atoms with van der Waals surface area (Å²) in [7, 11) is -0.246. The van der Waals surface area contributed by atoms with Crippen LogP contribution in [-0.2, 0) is 21.7 Å². The molecule has 0 aliphatic heterocycles. The Hall–Kier alpha value is 0.501. The summed E-state index contributed by atoms with van der Waals surface area (Å²) in [4.78, 5) is 0. The van der Waals surface area contributed by atoms with Crippen molar-refractivity contribution in [3.8, 4) is 0 Å². The number of allylic oxidation sites excluding steroid dienone is 4. The van der Waals surface area contributed by atoms with Gasteiger partial charge in [0.15, 0.2) is 0 Å². The maximum atomic E-state index is 3.64. The Bertz CT molecular complexity index is 444. The molecule has 0 saturated heterocycles. The maximum Gasteiger partial charge on any atom is 4.00 e. The van der Waals surface area contributed by atoms with Crippen molar-refractivity contribution in [3.63, 3.8) is 0 Å². The zero-order valence-electron chi connectivity index (χ0n) is 12.6. The van der Waals surface area contributed by atoms with Crippen molar-refractivity contribution in [2.45, 2.75) is 39.5 Å². The molecule has 0 spiro atoms. The molecule has 0 heterocycles. The molecule has 0 amide bonds. The Morgan fingerprint density at radius 3 is 2.19 bits per heavy atom. The van der Waals surface area contributed by atoms with Gasteiger partial charge in [0.1, 0.15) is 0 Å². The Balaban J connectivity index is -0.000000810. The SMILES string of the molecule is CCCC1=[C-]C(CC)=C([SiH2]c2ccccc2)C1.[Cl-].[Cl-].[Cl-].[Ti+4]. The van der Waals surface area contributed by atoms with Gasteiger partial charge in [-0.25, -0.2) is 16.8 Å². The zero-order chi connectivity index (χ0) is 12.1. The normalized spacial score (nSPS) is 13.0. The number of hydrogen-bond acceptors (Lipinski definition) is 0. The van der Waals surface area contributed by atoms with E-state index >= 15 is 0 Å². The average Bonchev–Trinajstić information content (AvgIpc) is 2.73. The predicted octanol–water partition coefficient (Wildman–Crippen LogP) is -5.91. The number of rotatable bonds is 5. The molecule has 0 saturated carbocycles. The summed E-state index contributed by atoms with van der Waals surface area (Å²) in [6, 6.07) is 11.0. The minimum absolute atomic E-state index is 0. The van der Waals surface area contributed by atoms with Crippen LogP contribution in [0.2, 0.25) is 0 Å². The van der Waals surface area contributed by atoms with Crippen LogP contribution >= 0.6 is 0 Å². The average molecular weight is 396 g/mol. The molecule has 0 atom stereocenters. The van der Waals surface area contributed by atoms with Gasteiger partial charge >= 0.3 is 21.7 Å². The van der Waals surface area contributed by atoms with Crippen molar-refractivity contribution in [1.29, 1.82) is 0 Å². The fourth-order valence-electron chi connectivity index (χ4n) is 2.51. The van der Waals surface area contributed by atoms with E-state index in [1.165, 1.54) is 24.8 Å². The van der Waals surface area contributed by atoms with Gasteiger partial charge in [-0.05, 0) is 9.52 Å². The summed E-state index contributed by atoms with van der Waals surface area (Å²) in [5, 5.41) is 3.29. The van der Waals surface area contributed by atoms with E-state index in [1.807, 2.05) is 0 Å². The second kappa shape index (κ2) is 14.1. The first-order valence-electron chi connectivity index (χ1n) is 6.70. The van der Waals surface area contributed by atoms with Crippen molar-refractivity contribution in [2.24, 2.45) is 0 Å². The molecule has 1 aromatic carbocycles. The third kappa shape index (κ3) is 8.06. The molecule has 0 nitrogen and oxygen atoms in total. The predicted molar refractivity (Wildman–Crippen MR) is 78.2 cm³/mol. The second-order valence-electron chi connectivity index (χ2n) is 4.75. The van der Waals surface area contributed by atoms with Crippen LogP contribution in [0, 0.1) is 6.08 Å². The van der Waals surface area contributed by atoms with Gasteiger partial charge in [-0.1, -0.05) is 75.0 Å². The van der Waals surface area contributed by atoms with Gasteiger partial charge in [0, 0.05) is 0 Å². The Kier molecular flexibility index (Phi) is 17.7. The van der Waals surface area contributed by atoms with E-state index in [1.54, 1.807) is 16.0 Å². The summed E-state index contributed by atoms with van der Waals surface area (Å²) >= 11 is 0. The molecule has 0 bridgehead atoms. The van der Waals surface area contributed by atoms with Crippen molar-refractivity contribution in [2.75, 3.05) is 0 Å². The minimum atomic E-state index is -0.246. The van der Waals surface area contributed by atoms with Gasteiger partial charge < -0.3 is 37.2 Å². The van der Waals surface area contributed by atoms with Crippen LogP contribution in [-0.4, -0.2) is 9.52 Å². The van der Waals surface area contributed by atoms with Crippen molar-refractivity contribution < 1.29 is 58.9 Å². The van der Waals surface area contributed by atoms with Crippen LogP contribution < -0.4 is 42.4 Å². The molecule has 0 aromatic heterocycles. The molecular weight excluding hydrogens is 374 g/mol. The number of benzene rings is 1. The molecule has 2 rings (SSSR count). The molecule has 114 valence electrons. The first-order valence-corrected chi connectivity index (χ1v) is 8.11. The Labute approximate surface area is 165 Å². The van der Waals surface area contributed by atoms with E-state index in [4.69, 9.17) is 0 Å². The fourth-order valence-corrected chi connectivity index (χ4v) is 4.49. The minimum Gasteiger partial charge on any atom is -1.00 e. The van der Waals surface area contributed by atoms with Crippen LogP contribution in [0.5, 0.6) is 0 Å². The second-order valence-corrected chi connectivity index (χ2v) is 6.78. The summed E-state index contributed by atoms with van der Waals surface area (Å²) in [5.41, 5.74) is 3.06. The Morgan fingerprint density at radius 2 is 1.67 bits per heavy atom. The monoisotopic (exact) mass is 394 g/mol. The van der Waals surface area contributed by atoms with Gasteiger partial charge in [0.05, 0.1) is 0 Å².